The van der Waals surface area contributed by atoms with Gasteiger partial charge in [-0.3, -0.25) is 4.79 Å². The molecule has 0 saturated carbocycles. The molecule has 0 bridgehead atoms. The van der Waals surface area contributed by atoms with Crippen LogP contribution in [-0.4, -0.2) is 17.6 Å². The summed E-state index contributed by atoms with van der Waals surface area (Å²) < 4.78 is 7.68. The Morgan fingerprint density at radius 1 is 0.906 bits per heavy atom. The molecule has 4 heteroatoms. The second kappa shape index (κ2) is 10.2. The molecule has 1 N–H and O–H groups in total. The van der Waals surface area contributed by atoms with E-state index in [4.69, 9.17) is 4.74 Å². The number of aromatic nitrogens is 1. The zero-order chi connectivity index (χ0) is 22.3. The number of aryl methyl sites for hydroxylation is 2. The zero-order valence-corrected chi connectivity index (χ0v) is 18.8. The summed E-state index contributed by atoms with van der Waals surface area (Å²) in [6, 6.07) is 24.8. The van der Waals surface area contributed by atoms with Crippen molar-refractivity contribution in [2.45, 2.75) is 39.3 Å². The molecule has 4 rings (SSSR count). The Bertz CT molecular complexity index is 1210. The third-order valence-electron chi connectivity index (χ3n) is 5.99. The molecule has 0 unspecified atom stereocenters. The van der Waals surface area contributed by atoms with E-state index < -0.39 is 0 Å². The maximum Gasteiger partial charge on any atom is 0.220 e. The number of carbonyl (C=O) groups excluding carboxylic acids is 1. The van der Waals surface area contributed by atoms with Crippen LogP contribution in [0.3, 0.4) is 0 Å². The average molecular weight is 427 g/mol. The van der Waals surface area contributed by atoms with Gasteiger partial charge in [0, 0.05) is 42.2 Å². The van der Waals surface area contributed by atoms with Crippen molar-refractivity contribution in [2.75, 3.05) is 7.11 Å². The van der Waals surface area contributed by atoms with Gasteiger partial charge >= 0.3 is 0 Å². The Hall–Kier alpha value is -3.53. The van der Waals surface area contributed by atoms with Gasteiger partial charge in [-0.15, -0.1) is 0 Å². The Morgan fingerprint density at radius 3 is 2.44 bits per heavy atom. The van der Waals surface area contributed by atoms with Crippen molar-refractivity contribution < 1.29 is 9.53 Å². The highest BCUT2D eigenvalue weighted by Gasteiger charge is 2.11. The van der Waals surface area contributed by atoms with Crippen molar-refractivity contribution >= 4 is 16.8 Å². The highest BCUT2D eigenvalue weighted by Crippen LogP contribution is 2.24. The number of nitrogens with one attached hydrogen (secondary N) is 1. The summed E-state index contributed by atoms with van der Waals surface area (Å²) in [5.74, 6) is 0.869. The highest BCUT2D eigenvalue weighted by atomic mass is 16.5. The van der Waals surface area contributed by atoms with Crippen LogP contribution in [0.25, 0.3) is 10.9 Å². The summed E-state index contributed by atoms with van der Waals surface area (Å²) in [7, 11) is 1.65. The number of benzene rings is 3. The third-order valence-corrected chi connectivity index (χ3v) is 5.99. The molecule has 4 nitrogen and oxygen atoms in total. The fourth-order valence-electron chi connectivity index (χ4n) is 4.19. The predicted molar refractivity (Wildman–Crippen MR) is 130 cm³/mol. The smallest absolute Gasteiger partial charge is 0.220 e. The molecule has 3 aromatic carbocycles. The van der Waals surface area contributed by atoms with Crippen molar-refractivity contribution in [3.63, 3.8) is 0 Å². The van der Waals surface area contributed by atoms with Gasteiger partial charge in [0.1, 0.15) is 5.75 Å². The summed E-state index contributed by atoms with van der Waals surface area (Å²) in [6.07, 6.45) is 4.45. The molecule has 32 heavy (non-hydrogen) atoms. The molecule has 0 saturated heterocycles. The van der Waals surface area contributed by atoms with Crippen LogP contribution in [0.1, 0.15) is 35.1 Å². The van der Waals surface area contributed by atoms with Gasteiger partial charge in [-0.05, 0) is 48.6 Å². The van der Waals surface area contributed by atoms with E-state index in [0.717, 1.165) is 30.7 Å². The van der Waals surface area contributed by atoms with Crippen LogP contribution in [-0.2, 0) is 24.3 Å². The Morgan fingerprint density at radius 2 is 1.62 bits per heavy atom. The number of para-hydroxylation sites is 2. The molecule has 4 aromatic rings. The van der Waals surface area contributed by atoms with E-state index in [2.05, 4.69) is 71.5 Å². The molecule has 0 atom stereocenters. The summed E-state index contributed by atoms with van der Waals surface area (Å²) in [5.41, 5.74) is 6.16. The second-order valence-electron chi connectivity index (χ2n) is 8.17. The van der Waals surface area contributed by atoms with Crippen LogP contribution in [0.2, 0.25) is 0 Å². The van der Waals surface area contributed by atoms with Gasteiger partial charge in [0.2, 0.25) is 5.91 Å². The largest absolute Gasteiger partial charge is 0.496 e. The van der Waals surface area contributed by atoms with Crippen LogP contribution >= 0.6 is 0 Å². The normalized spacial score (nSPS) is 10.9. The Labute approximate surface area is 189 Å². The first-order valence-corrected chi connectivity index (χ1v) is 11.2. The molecule has 1 aromatic heterocycles. The summed E-state index contributed by atoms with van der Waals surface area (Å²) in [5, 5.41) is 4.29. The average Bonchev–Trinajstić information content (AvgIpc) is 3.17. The van der Waals surface area contributed by atoms with Gasteiger partial charge in [0.05, 0.1) is 7.11 Å². The summed E-state index contributed by atoms with van der Waals surface area (Å²) >= 11 is 0. The number of carbonyl (C=O) groups is 1. The molecule has 0 spiro atoms. The molecule has 0 aliphatic carbocycles. The number of hydrogen-bond donors (Lipinski definition) is 1. The van der Waals surface area contributed by atoms with E-state index in [-0.39, 0.29) is 5.91 Å². The van der Waals surface area contributed by atoms with Crippen molar-refractivity contribution in [1.29, 1.82) is 0 Å². The van der Waals surface area contributed by atoms with E-state index in [9.17, 15) is 4.79 Å². The minimum atomic E-state index is 0.0690. The molecule has 0 aliphatic heterocycles. The van der Waals surface area contributed by atoms with Gasteiger partial charge in [-0.2, -0.15) is 0 Å². The number of hydrogen-bond acceptors (Lipinski definition) is 2. The van der Waals surface area contributed by atoms with Crippen LogP contribution in [0.4, 0.5) is 0 Å². The molecule has 164 valence electrons. The van der Waals surface area contributed by atoms with Crippen molar-refractivity contribution in [1.82, 2.24) is 9.88 Å². The number of rotatable bonds is 9. The summed E-state index contributed by atoms with van der Waals surface area (Å²) in [6.45, 7) is 3.50. The van der Waals surface area contributed by atoms with Crippen molar-refractivity contribution in [3.05, 3.63) is 101 Å². The zero-order valence-electron chi connectivity index (χ0n) is 18.8. The minimum absolute atomic E-state index is 0.0690. The van der Waals surface area contributed by atoms with E-state index in [1.807, 2.05) is 24.3 Å². The first-order valence-electron chi connectivity index (χ1n) is 11.2. The monoisotopic (exact) mass is 426 g/mol. The molecule has 0 aliphatic rings. The minimum Gasteiger partial charge on any atom is -0.496 e. The molecular weight excluding hydrogens is 396 g/mol. The number of methoxy groups -OCH3 is 1. The molecule has 0 fully saturated rings. The fraction of sp³-hybridized carbons (Fsp3) is 0.250. The van der Waals surface area contributed by atoms with Crippen LogP contribution < -0.4 is 10.1 Å². The lowest BCUT2D eigenvalue weighted by molar-refractivity contribution is -0.121. The van der Waals surface area contributed by atoms with Gasteiger partial charge in [-0.1, -0.05) is 60.7 Å². The lowest BCUT2D eigenvalue weighted by atomic mass is 10.1. The number of fused-ring (bicyclic) bond motifs is 1. The number of ether oxygens (including phenoxy) is 1. The maximum absolute atomic E-state index is 12.4. The first-order chi connectivity index (χ1) is 15.7. The van der Waals surface area contributed by atoms with Crippen LogP contribution in [0, 0.1) is 6.92 Å². The lowest BCUT2D eigenvalue weighted by Gasteiger charge is -2.09. The van der Waals surface area contributed by atoms with Gasteiger partial charge in [-0.25, -0.2) is 0 Å². The van der Waals surface area contributed by atoms with Crippen molar-refractivity contribution in [2.24, 2.45) is 0 Å². The van der Waals surface area contributed by atoms with E-state index in [1.54, 1.807) is 7.11 Å². The predicted octanol–water partition coefficient (Wildman–Crippen LogP) is 5.65. The standard InChI is InChI=1S/C28H30N2O2/c1-21-10-3-4-12-23(21)19-30-20-24(25-14-6-7-15-26(25)30)13-9-17-28(31)29-18-22-11-5-8-16-27(22)32-2/h3-8,10-12,14-16,20H,9,13,17-19H2,1-2H3,(H,29,31). The van der Waals surface area contributed by atoms with Crippen LogP contribution in [0.15, 0.2) is 79.0 Å². The topological polar surface area (TPSA) is 43.3 Å². The molecule has 1 amide bonds. The number of amides is 1. The fourth-order valence-corrected chi connectivity index (χ4v) is 4.19. The Kier molecular flexibility index (Phi) is 6.90. The Balaban J connectivity index is 1.38. The second-order valence-corrected chi connectivity index (χ2v) is 8.17. The van der Waals surface area contributed by atoms with Crippen molar-refractivity contribution in [3.8, 4) is 5.75 Å². The quantitative estimate of drug-likeness (QED) is 0.376. The maximum atomic E-state index is 12.4. The lowest BCUT2D eigenvalue weighted by Crippen LogP contribution is -2.22. The number of nitrogens with zero attached hydrogens (tertiary/aromatic N) is 1. The molecule has 0 radical (unpaired) electrons. The SMILES string of the molecule is COc1ccccc1CNC(=O)CCCc1cn(Cc2ccccc2C)c2ccccc12. The van der Waals surface area contributed by atoms with Crippen LogP contribution in [0.5, 0.6) is 5.75 Å². The van der Waals surface area contributed by atoms with E-state index in [0.29, 0.717) is 13.0 Å². The summed E-state index contributed by atoms with van der Waals surface area (Å²) in [4.78, 5) is 12.4. The molecular formula is C28H30N2O2. The van der Waals surface area contributed by atoms with Gasteiger partial charge < -0.3 is 14.6 Å². The van der Waals surface area contributed by atoms with E-state index >= 15 is 0 Å². The first kappa shape index (κ1) is 21.7. The van der Waals surface area contributed by atoms with Gasteiger partial charge in [0.15, 0.2) is 0 Å². The molecule has 1 heterocycles. The van der Waals surface area contributed by atoms with Gasteiger partial charge in [0.25, 0.3) is 0 Å². The highest BCUT2D eigenvalue weighted by molar-refractivity contribution is 5.84. The van der Waals surface area contributed by atoms with E-state index in [1.165, 1.54) is 27.6 Å². The third kappa shape index (κ3) is 5.02.